The Hall–Kier alpha value is -0.950. The lowest BCUT2D eigenvalue weighted by atomic mass is 10.2. The minimum absolute atomic E-state index is 0.347. The maximum Gasteiger partial charge on any atom is 0.347 e. The van der Waals surface area contributed by atoms with E-state index in [-0.39, 0.29) is 0 Å². The van der Waals surface area contributed by atoms with E-state index in [4.69, 9.17) is 0 Å². The molecule has 1 aromatic rings. The number of nitrogens with zero attached hydrogens (tertiary/aromatic N) is 2. The molecule has 3 rings (SSSR count). The molecule has 7 heteroatoms. The van der Waals surface area contributed by atoms with Gasteiger partial charge >= 0.3 is 5.97 Å². The van der Waals surface area contributed by atoms with Crippen LogP contribution >= 0.6 is 11.3 Å². The molecule has 1 saturated carbocycles. The lowest BCUT2D eigenvalue weighted by molar-refractivity contribution is 0.0700. The summed E-state index contributed by atoms with van der Waals surface area (Å²) in [5.74, 6) is 0.780. The van der Waals surface area contributed by atoms with Crippen LogP contribution in [0, 0.1) is 0 Å². The first-order valence-corrected chi connectivity index (χ1v) is 8.29. The number of rotatable bonds is 3. The van der Waals surface area contributed by atoms with E-state index in [1.165, 1.54) is 11.3 Å². The molecule has 0 unspecified atom stereocenters. The molecule has 1 aliphatic carbocycles. The predicted molar refractivity (Wildman–Crippen MR) is 71.1 cm³/mol. The fourth-order valence-electron chi connectivity index (χ4n) is 2.07. The van der Waals surface area contributed by atoms with Crippen molar-refractivity contribution in [1.82, 2.24) is 4.98 Å². The van der Waals surface area contributed by atoms with E-state index in [2.05, 4.69) is 9.88 Å². The van der Waals surface area contributed by atoms with E-state index in [1.807, 2.05) is 0 Å². The van der Waals surface area contributed by atoms with E-state index in [0.29, 0.717) is 35.4 Å². The Balaban J connectivity index is 1.86. The average Bonchev–Trinajstić information content (AvgIpc) is 3.09. The second kappa shape index (κ2) is 4.62. The molecule has 1 N–H and O–H groups in total. The summed E-state index contributed by atoms with van der Waals surface area (Å²) in [6.07, 6.45) is 2.10. The van der Waals surface area contributed by atoms with Crippen LogP contribution in [-0.2, 0) is 10.8 Å². The summed E-state index contributed by atoms with van der Waals surface area (Å²) in [5.41, 5.74) is 0.759. The van der Waals surface area contributed by atoms with Crippen LogP contribution in [0.25, 0.3) is 0 Å². The van der Waals surface area contributed by atoms with Crippen molar-refractivity contribution in [2.24, 2.45) is 0 Å². The minimum Gasteiger partial charge on any atom is -0.477 e. The molecule has 0 aromatic carbocycles. The molecule has 0 amide bonds. The van der Waals surface area contributed by atoms with Crippen molar-refractivity contribution in [1.29, 1.82) is 0 Å². The van der Waals surface area contributed by atoms with Crippen LogP contribution in [0.2, 0.25) is 0 Å². The van der Waals surface area contributed by atoms with Gasteiger partial charge in [-0.1, -0.05) is 11.3 Å². The first-order valence-electron chi connectivity index (χ1n) is 5.99. The van der Waals surface area contributed by atoms with Crippen LogP contribution in [0.5, 0.6) is 0 Å². The summed E-state index contributed by atoms with van der Waals surface area (Å²) < 4.78 is 11.3. The molecule has 0 radical (unpaired) electrons. The maximum atomic E-state index is 11.3. The Morgan fingerprint density at radius 3 is 2.61 bits per heavy atom. The maximum absolute atomic E-state index is 11.3. The van der Waals surface area contributed by atoms with Crippen molar-refractivity contribution in [2.45, 2.75) is 18.8 Å². The van der Waals surface area contributed by atoms with Gasteiger partial charge in [-0.3, -0.25) is 4.21 Å². The number of carbonyl (C=O) groups is 1. The number of thiazole rings is 1. The van der Waals surface area contributed by atoms with E-state index in [0.717, 1.165) is 23.7 Å². The number of hydrogen-bond acceptors (Lipinski definition) is 5. The van der Waals surface area contributed by atoms with Gasteiger partial charge in [-0.2, -0.15) is 0 Å². The number of hydrogen-bond donors (Lipinski definition) is 1. The monoisotopic (exact) mass is 286 g/mol. The second-order valence-electron chi connectivity index (χ2n) is 4.63. The zero-order valence-electron chi connectivity index (χ0n) is 9.79. The zero-order valence-corrected chi connectivity index (χ0v) is 11.4. The standard InChI is InChI=1S/C11H14N2O3S2/c14-10(15)9-8(7-1-2-7)12-11(17-9)13-3-5-18(16)6-4-13/h7H,1-6H2,(H,14,15). The average molecular weight is 286 g/mol. The number of carboxylic acids is 1. The van der Waals surface area contributed by atoms with Crippen molar-refractivity contribution < 1.29 is 14.1 Å². The zero-order chi connectivity index (χ0) is 12.7. The van der Waals surface area contributed by atoms with Gasteiger partial charge < -0.3 is 10.0 Å². The third-order valence-electron chi connectivity index (χ3n) is 3.25. The minimum atomic E-state index is -0.874. The van der Waals surface area contributed by atoms with E-state index in [1.54, 1.807) is 0 Å². The summed E-state index contributed by atoms with van der Waals surface area (Å²) in [4.78, 5) is 18.2. The van der Waals surface area contributed by atoms with Crippen LogP contribution in [0.1, 0.15) is 34.1 Å². The molecule has 1 saturated heterocycles. The van der Waals surface area contributed by atoms with Gasteiger partial charge in [0.2, 0.25) is 0 Å². The Morgan fingerprint density at radius 1 is 1.39 bits per heavy atom. The number of aromatic carboxylic acids is 1. The third-order valence-corrected chi connectivity index (χ3v) is 5.64. The van der Waals surface area contributed by atoms with Gasteiger partial charge in [0.1, 0.15) is 4.88 Å². The van der Waals surface area contributed by atoms with Gasteiger partial charge in [0, 0.05) is 41.3 Å². The Kier molecular flexibility index (Phi) is 3.11. The Morgan fingerprint density at radius 2 is 2.06 bits per heavy atom. The molecule has 2 aliphatic rings. The first-order chi connectivity index (χ1) is 8.65. The van der Waals surface area contributed by atoms with Gasteiger partial charge in [0.15, 0.2) is 5.13 Å². The molecule has 18 heavy (non-hydrogen) atoms. The normalized spacial score (nSPS) is 21.2. The first kappa shape index (κ1) is 12.1. The fraction of sp³-hybridized carbons (Fsp3) is 0.636. The van der Waals surface area contributed by atoms with E-state index in [9.17, 15) is 14.1 Å². The van der Waals surface area contributed by atoms with Gasteiger partial charge in [0.25, 0.3) is 0 Å². The smallest absolute Gasteiger partial charge is 0.347 e. The number of anilines is 1. The highest BCUT2D eigenvalue weighted by Crippen LogP contribution is 2.44. The van der Waals surface area contributed by atoms with Gasteiger partial charge in [-0.15, -0.1) is 0 Å². The van der Waals surface area contributed by atoms with Crippen molar-refractivity contribution in [2.75, 3.05) is 29.5 Å². The topological polar surface area (TPSA) is 70.5 Å². The van der Waals surface area contributed by atoms with Crippen molar-refractivity contribution in [3.05, 3.63) is 10.6 Å². The van der Waals surface area contributed by atoms with Crippen LogP contribution in [0.4, 0.5) is 5.13 Å². The molecule has 1 aromatic heterocycles. The number of aromatic nitrogens is 1. The molecule has 0 spiro atoms. The highest BCUT2D eigenvalue weighted by molar-refractivity contribution is 7.85. The molecule has 2 fully saturated rings. The molecule has 98 valence electrons. The van der Waals surface area contributed by atoms with Crippen LogP contribution in [-0.4, -0.2) is 44.9 Å². The fourth-order valence-corrected chi connectivity index (χ4v) is 4.17. The van der Waals surface area contributed by atoms with Crippen LogP contribution < -0.4 is 4.90 Å². The lowest BCUT2D eigenvalue weighted by Gasteiger charge is -2.25. The molecule has 1 aliphatic heterocycles. The summed E-state index contributed by atoms with van der Waals surface area (Å²) >= 11 is 1.26. The van der Waals surface area contributed by atoms with E-state index < -0.39 is 16.8 Å². The van der Waals surface area contributed by atoms with Gasteiger partial charge in [-0.25, -0.2) is 9.78 Å². The molecule has 0 atom stereocenters. The second-order valence-corrected chi connectivity index (χ2v) is 7.30. The SMILES string of the molecule is O=C(O)c1sc(N2CCS(=O)CC2)nc1C1CC1. The third kappa shape index (κ3) is 2.29. The molecular formula is C11H14N2O3S2. The van der Waals surface area contributed by atoms with E-state index >= 15 is 0 Å². The van der Waals surface area contributed by atoms with Crippen molar-refractivity contribution in [3.8, 4) is 0 Å². The predicted octanol–water partition coefficient (Wildman–Crippen LogP) is 1.29. The Labute approximate surface area is 111 Å². The molecular weight excluding hydrogens is 272 g/mol. The lowest BCUT2D eigenvalue weighted by Crippen LogP contribution is -2.37. The summed E-state index contributed by atoms with van der Waals surface area (Å²) in [7, 11) is -0.720. The molecule has 5 nitrogen and oxygen atoms in total. The molecule has 0 bridgehead atoms. The van der Waals surface area contributed by atoms with Gasteiger partial charge in [0.05, 0.1) is 5.69 Å². The van der Waals surface area contributed by atoms with Crippen LogP contribution in [0.15, 0.2) is 0 Å². The highest BCUT2D eigenvalue weighted by Gasteiger charge is 2.33. The van der Waals surface area contributed by atoms with Gasteiger partial charge in [-0.05, 0) is 12.8 Å². The summed E-state index contributed by atoms with van der Waals surface area (Å²) in [6, 6.07) is 0. The highest BCUT2D eigenvalue weighted by atomic mass is 32.2. The summed E-state index contributed by atoms with van der Waals surface area (Å²) in [6.45, 7) is 1.42. The molecule has 2 heterocycles. The van der Waals surface area contributed by atoms with Crippen LogP contribution in [0.3, 0.4) is 0 Å². The quantitative estimate of drug-likeness (QED) is 0.906. The summed E-state index contributed by atoms with van der Waals surface area (Å²) in [5, 5.41) is 9.98. The number of carboxylic acid groups (broad SMARTS) is 1. The largest absolute Gasteiger partial charge is 0.477 e. The van der Waals surface area contributed by atoms with Crippen molar-refractivity contribution in [3.63, 3.8) is 0 Å². The Bertz CT molecular complexity index is 500. The van der Waals surface area contributed by atoms with Crippen molar-refractivity contribution >= 4 is 33.2 Å².